The molecule has 0 aliphatic rings. The Morgan fingerprint density at radius 1 is 1.12 bits per heavy atom. The van der Waals surface area contributed by atoms with Gasteiger partial charge in [0.15, 0.2) is 0 Å². The summed E-state index contributed by atoms with van der Waals surface area (Å²) in [6, 6.07) is 16.0. The standard InChI is InChI=1S/C22H27N3O/c1-16(2)15-17-10-12-18(13-11-17)22(26)25(3)14-6-9-21-23-19-7-4-5-8-20(19)24-21/h4-5,7-8,10-13,16H,6,9,14-15H2,1-3H3,(H,23,24). The number of carbonyl (C=O) groups is 1. The fourth-order valence-electron chi connectivity index (χ4n) is 3.18. The maximum absolute atomic E-state index is 12.6. The summed E-state index contributed by atoms with van der Waals surface area (Å²) in [6.07, 6.45) is 2.76. The number of fused-ring (bicyclic) bond motifs is 1. The summed E-state index contributed by atoms with van der Waals surface area (Å²) in [5.74, 6) is 1.67. The van der Waals surface area contributed by atoms with Crippen molar-refractivity contribution in [3.8, 4) is 0 Å². The molecule has 26 heavy (non-hydrogen) atoms. The summed E-state index contributed by atoms with van der Waals surface area (Å²) < 4.78 is 0. The summed E-state index contributed by atoms with van der Waals surface area (Å²) in [7, 11) is 1.86. The van der Waals surface area contributed by atoms with Gasteiger partial charge in [0, 0.05) is 25.6 Å². The molecule has 1 aromatic heterocycles. The van der Waals surface area contributed by atoms with E-state index in [9.17, 15) is 4.79 Å². The lowest BCUT2D eigenvalue weighted by Gasteiger charge is -2.17. The van der Waals surface area contributed by atoms with Gasteiger partial charge >= 0.3 is 0 Å². The largest absolute Gasteiger partial charge is 0.342 e. The number of H-pyrrole nitrogens is 1. The molecule has 0 atom stereocenters. The second-order valence-electron chi connectivity index (χ2n) is 7.33. The van der Waals surface area contributed by atoms with E-state index in [0.29, 0.717) is 12.5 Å². The Bertz CT molecular complexity index is 831. The minimum atomic E-state index is 0.0747. The van der Waals surface area contributed by atoms with E-state index in [2.05, 4.69) is 35.9 Å². The van der Waals surface area contributed by atoms with Gasteiger partial charge in [0.2, 0.25) is 0 Å². The molecule has 1 amide bonds. The number of rotatable bonds is 7. The molecule has 0 spiro atoms. The van der Waals surface area contributed by atoms with Gasteiger partial charge in [-0.05, 0) is 48.6 Å². The average Bonchev–Trinajstić information content (AvgIpc) is 3.04. The normalized spacial score (nSPS) is 11.2. The van der Waals surface area contributed by atoms with Gasteiger partial charge in [-0.1, -0.05) is 38.1 Å². The zero-order valence-corrected chi connectivity index (χ0v) is 15.8. The number of imidazole rings is 1. The fraction of sp³-hybridized carbons (Fsp3) is 0.364. The van der Waals surface area contributed by atoms with Crippen LogP contribution in [0.25, 0.3) is 11.0 Å². The Morgan fingerprint density at radius 3 is 2.54 bits per heavy atom. The third-order valence-electron chi connectivity index (χ3n) is 4.54. The molecular weight excluding hydrogens is 322 g/mol. The Kier molecular flexibility index (Phi) is 5.71. The number of para-hydroxylation sites is 2. The number of nitrogens with zero attached hydrogens (tertiary/aromatic N) is 2. The second kappa shape index (κ2) is 8.17. The molecule has 0 fully saturated rings. The molecule has 0 saturated carbocycles. The number of amides is 1. The average molecular weight is 349 g/mol. The lowest BCUT2D eigenvalue weighted by molar-refractivity contribution is 0.0793. The highest BCUT2D eigenvalue weighted by molar-refractivity contribution is 5.94. The Labute approximate surface area is 155 Å². The second-order valence-corrected chi connectivity index (χ2v) is 7.33. The first-order chi connectivity index (χ1) is 12.5. The Hall–Kier alpha value is -2.62. The van der Waals surface area contributed by atoms with Crippen molar-refractivity contribution in [3.05, 3.63) is 65.5 Å². The smallest absolute Gasteiger partial charge is 0.253 e. The number of hydrogen-bond acceptors (Lipinski definition) is 2. The first kappa shape index (κ1) is 18.2. The minimum Gasteiger partial charge on any atom is -0.342 e. The zero-order chi connectivity index (χ0) is 18.5. The van der Waals surface area contributed by atoms with E-state index >= 15 is 0 Å². The van der Waals surface area contributed by atoms with E-state index in [1.165, 1.54) is 5.56 Å². The molecule has 0 unspecified atom stereocenters. The van der Waals surface area contributed by atoms with Gasteiger partial charge in [0.1, 0.15) is 5.82 Å². The van der Waals surface area contributed by atoms with Crippen LogP contribution in [0.4, 0.5) is 0 Å². The highest BCUT2D eigenvalue weighted by atomic mass is 16.2. The number of aryl methyl sites for hydroxylation is 1. The Balaban J connectivity index is 1.52. The van der Waals surface area contributed by atoms with Gasteiger partial charge in [0.25, 0.3) is 5.91 Å². The van der Waals surface area contributed by atoms with Crippen molar-refractivity contribution in [2.45, 2.75) is 33.1 Å². The number of carbonyl (C=O) groups excluding carboxylic acids is 1. The van der Waals surface area contributed by atoms with Crippen molar-refractivity contribution < 1.29 is 4.79 Å². The highest BCUT2D eigenvalue weighted by Crippen LogP contribution is 2.13. The first-order valence-corrected chi connectivity index (χ1v) is 9.31. The molecule has 4 nitrogen and oxygen atoms in total. The number of aromatic amines is 1. The van der Waals surface area contributed by atoms with E-state index in [0.717, 1.165) is 41.7 Å². The maximum Gasteiger partial charge on any atom is 0.253 e. The fourth-order valence-corrected chi connectivity index (χ4v) is 3.18. The lowest BCUT2D eigenvalue weighted by Crippen LogP contribution is -2.28. The maximum atomic E-state index is 12.6. The van der Waals surface area contributed by atoms with Gasteiger partial charge in [-0.25, -0.2) is 4.98 Å². The summed E-state index contributed by atoms with van der Waals surface area (Å²) >= 11 is 0. The number of aromatic nitrogens is 2. The van der Waals surface area contributed by atoms with Gasteiger partial charge in [-0.15, -0.1) is 0 Å². The molecule has 136 valence electrons. The molecule has 1 N–H and O–H groups in total. The third kappa shape index (κ3) is 4.51. The molecule has 0 aliphatic heterocycles. The van der Waals surface area contributed by atoms with Gasteiger partial charge < -0.3 is 9.88 Å². The first-order valence-electron chi connectivity index (χ1n) is 9.31. The molecule has 2 aromatic carbocycles. The summed E-state index contributed by atoms with van der Waals surface area (Å²) in [5, 5.41) is 0. The van der Waals surface area contributed by atoms with Crippen LogP contribution in [0.5, 0.6) is 0 Å². The molecule has 1 heterocycles. The third-order valence-corrected chi connectivity index (χ3v) is 4.54. The highest BCUT2D eigenvalue weighted by Gasteiger charge is 2.12. The van der Waals surface area contributed by atoms with Crippen molar-refractivity contribution >= 4 is 16.9 Å². The molecule has 3 aromatic rings. The van der Waals surface area contributed by atoms with Crippen molar-refractivity contribution in [1.29, 1.82) is 0 Å². The Morgan fingerprint density at radius 2 is 1.85 bits per heavy atom. The number of benzene rings is 2. The molecular formula is C22H27N3O. The van der Waals surface area contributed by atoms with Crippen LogP contribution in [0, 0.1) is 5.92 Å². The van der Waals surface area contributed by atoms with Crippen LogP contribution in [-0.2, 0) is 12.8 Å². The van der Waals surface area contributed by atoms with E-state index in [1.807, 2.05) is 43.4 Å². The lowest BCUT2D eigenvalue weighted by atomic mass is 10.0. The number of hydrogen-bond donors (Lipinski definition) is 1. The van der Waals surface area contributed by atoms with Crippen molar-refractivity contribution in [1.82, 2.24) is 14.9 Å². The van der Waals surface area contributed by atoms with Crippen LogP contribution in [0.3, 0.4) is 0 Å². The van der Waals surface area contributed by atoms with E-state index in [4.69, 9.17) is 0 Å². The molecule has 0 bridgehead atoms. The van der Waals surface area contributed by atoms with Crippen LogP contribution >= 0.6 is 0 Å². The quantitative estimate of drug-likeness (QED) is 0.684. The van der Waals surface area contributed by atoms with Crippen LogP contribution in [0.1, 0.15) is 42.0 Å². The van der Waals surface area contributed by atoms with Crippen LogP contribution in [-0.4, -0.2) is 34.4 Å². The molecule has 3 rings (SSSR count). The number of nitrogens with one attached hydrogen (secondary N) is 1. The predicted molar refractivity (Wildman–Crippen MR) is 106 cm³/mol. The topological polar surface area (TPSA) is 49.0 Å². The van der Waals surface area contributed by atoms with Gasteiger partial charge in [-0.2, -0.15) is 0 Å². The molecule has 0 saturated heterocycles. The molecule has 0 aliphatic carbocycles. The van der Waals surface area contributed by atoms with Gasteiger partial charge in [-0.3, -0.25) is 4.79 Å². The van der Waals surface area contributed by atoms with Crippen molar-refractivity contribution in [3.63, 3.8) is 0 Å². The van der Waals surface area contributed by atoms with Crippen LogP contribution < -0.4 is 0 Å². The SMILES string of the molecule is CC(C)Cc1ccc(C(=O)N(C)CCCc2nc3ccccc3[nH]2)cc1. The van der Waals surface area contributed by atoms with E-state index in [-0.39, 0.29) is 5.91 Å². The van der Waals surface area contributed by atoms with E-state index < -0.39 is 0 Å². The summed E-state index contributed by atoms with van der Waals surface area (Å²) in [5.41, 5.74) is 4.09. The monoisotopic (exact) mass is 349 g/mol. The van der Waals surface area contributed by atoms with Crippen molar-refractivity contribution in [2.75, 3.05) is 13.6 Å². The van der Waals surface area contributed by atoms with Crippen molar-refractivity contribution in [2.24, 2.45) is 5.92 Å². The summed E-state index contributed by atoms with van der Waals surface area (Å²) in [4.78, 5) is 22.3. The summed E-state index contributed by atoms with van der Waals surface area (Å²) in [6.45, 7) is 5.12. The van der Waals surface area contributed by atoms with E-state index in [1.54, 1.807) is 4.90 Å². The minimum absolute atomic E-state index is 0.0747. The molecule has 0 radical (unpaired) electrons. The van der Waals surface area contributed by atoms with Gasteiger partial charge in [0.05, 0.1) is 11.0 Å². The molecule has 4 heteroatoms. The van der Waals surface area contributed by atoms with Crippen LogP contribution in [0.15, 0.2) is 48.5 Å². The van der Waals surface area contributed by atoms with Crippen LogP contribution in [0.2, 0.25) is 0 Å². The predicted octanol–water partition coefficient (Wildman–Crippen LogP) is 4.47. The zero-order valence-electron chi connectivity index (χ0n) is 15.8.